The van der Waals surface area contributed by atoms with Crippen LogP contribution in [0.4, 0.5) is 0 Å². The zero-order valence-electron chi connectivity index (χ0n) is 17.4. The maximum Gasteiger partial charge on any atom is 0.336 e. The summed E-state index contributed by atoms with van der Waals surface area (Å²) in [5.74, 6) is 0.0776. The van der Waals surface area contributed by atoms with E-state index in [1.54, 1.807) is 18.2 Å². The molecule has 1 heterocycles. The van der Waals surface area contributed by atoms with E-state index in [9.17, 15) is 14.7 Å². The van der Waals surface area contributed by atoms with Gasteiger partial charge in [-0.25, -0.2) is 9.59 Å². The third-order valence-corrected chi connectivity index (χ3v) is 4.82. The van der Waals surface area contributed by atoms with Crippen molar-refractivity contribution in [2.75, 3.05) is 7.11 Å². The second-order valence-electron chi connectivity index (χ2n) is 7.32. The van der Waals surface area contributed by atoms with Crippen LogP contribution in [0.3, 0.4) is 0 Å². The van der Waals surface area contributed by atoms with Crippen molar-refractivity contribution in [3.05, 3.63) is 75.1 Å². The first kappa shape index (κ1) is 21.2. The number of carbonyl (C=O) groups excluding carboxylic acids is 1. The number of carbonyl (C=O) groups is 1. The van der Waals surface area contributed by atoms with Crippen LogP contribution in [0.15, 0.2) is 51.7 Å². The highest BCUT2D eigenvalue weighted by Crippen LogP contribution is 2.28. The third-order valence-electron chi connectivity index (χ3n) is 4.82. The van der Waals surface area contributed by atoms with Gasteiger partial charge >= 0.3 is 11.6 Å². The molecule has 0 aliphatic carbocycles. The highest BCUT2D eigenvalue weighted by Gasteiger charge is 2.12. The van der Waals surface area contributed by atoms with E-state index in [4.69, 9.17) is 13.9 Å². The van der Waals surface area contributed by atoms with Gasteiger partial charge in [0, 0.05) is 23.1 Å². The Labute approximate surface area is 174 Å². The van der Waals surface area contributed by atoms with Crippen LogP contribution < -0.4 is 10.4 Å². The summed E-state index contributed by atoms with van der Waals surface area (Å²) in [6.07, 6.45) is 2.84. The average Bonchev–Trinajstić information content (AvgIpc) is 2.70. The number of phenolic OH excluding ortho intramolecular Hbond substituents is 1. The van der Waals surface area contributed by atoms with Gasteiger partial charge in [-0.1, -0.05) is 19.9 Å². The minimum absolute atomic E-state index is 0.0167. The van der Waals surface area contributed by atoms with Crippen molar-refractivity contribution in [3.63, 3.8) is 0 Å². The first-order valence-corrected chi connectivity index (χ1v) is 9.57. The number of rotatable bonds is 6. The van der Waals surface area contributed by atoms with Crippen LogP contribution in [-0.2, 0) is 16.1 Å². The summed E-state index contributed by atoms with van der Waals surface area (Å²) in [6.45, 7) is 6.11. The predicted molar refractivity (Wildman–Crippen MR) is 115 cm³/mol. The molecule has 0 bridgehead atoms. The number of hydrogen-bond donors (Lipinski definition) is 1. The van der Waals surface area contributed by atoms with E-state index >= 15 is 0 Å². The fourth-order valence-corrected chi connectivity index (χ4v) is 3.29. The van der Waals surface area contributed by atoms with Crippen LogP contribution in [0.25, 0.3) is 17.0 Å². The van der Waals surface area contributed by atoms with E-state index in [0.717, 1.165) is 16.5 Å². The Morgan fingerprint density at radius 3 is 2.67 bits per heavy atom. The number of methoxy groups -OCH3 is 1. The molecule has 0 radical (unpaired) electrons. The standard InChI is InChI=1S/C24H24O6/c1-14(2)18-12-19-17(11-24(27)30-21(19)9-15(18)3)13-29-23(26)8-6-16-5-7-20(25)22(10-16)28-4/h5-12,14,25H,13H2,1-4H3. The third kappa shape index (κ3) is 4.71. The van der Waals surface area contributed by atoms with Crippen LogP contribution in [0.2, 0.25) is 0 Å². The molecular weight excluding hydrogens is 384 g/mol. The van der Waals surface area contributed by atoms with Crippen molar-refractivity contribution >= 4 is 23.0 Å². The highest BCUT2D eigenvalue weighted by atomic mass is 16.5. The van der Waals surface area contributed by atoms with E-state index in [0.29, 0.717) is 28.4 Å². The lowest BCUT2D eigenvalue weighted by molar-refractivity contribution is -0.138. The molecule has 0 saturated heterocycles. The van der Waals surface area contributed by atoms with Gasteiger partial charge in [0.15, 0.2) is 11.5 Å². The topological polar surface area (TPSA) is 86.0 Å². The van der Waals surface area contributed by atoms with Crippen molar-refractivity contribution in [2.24, 2.45) is 0 Å². The summed E-state index contributed by atoms with van der Waals surface area (Å²) in [7, 11) is 1.45. The molecule has 0 amide bonds. The molecule has 0 spiro atoms. The SMILES string of the molecule is COc1cc(C=CC(=O)OCc2cc(=O)oc3cc(C)c(C(C)C)cc23)ccc1O. The molecule has 3 rings (SSSR count). The number of fused-ring (bicyclic) bond motifs is 1. The number of esters is 1. The zero-order valence-corrected chi connectivity index (χ0v) is 17.4. The molecule has 1 N–H and O–H groups in total. The maximum absolute atomic E-state index is 12.2. The van der Waals surface area contributed by atoms with Crippen molar-refractivity contribution in [1.82, 2.24) is 0 Å². The molecular formula is C24H24O6. The van der Waals surface area contributed by atoms with Crippen LogP contribution in [0.1, 0.15) is 42.0 Å². The number of hydrogen-bond acceptors (Lipinski definition) is 6. The van der Waals surface area contributed by atoms with Gasteiger partial charge in [0.2, 0.25) is 0 Å². The second kappa shape index (κ2) is 8.86. The summed E-state index contributed by atoms with van der Waals surface area (Å²) in [5, 5.41) is 10.4. The average molecular weight is 408 g/mol. The van der Waals surface area contributed by atoms with Gasteiger partial charge in [-0.05, 0) is 59.9 Å². The fraction of sp³-hybridized carbons (Fsp3) is 0.250. The Bertz CT molecular complexity index is 1170. The summed E-state index contributed by atoms with van der Waals surface area (Å²) in [6, 6.07) is 9.91. The first-order chi connectivity index (χ1) is 14.3. The van der Waals surface area contributed by atoms with Gasteiger partial charge in [0.1, 0.15) is 12.2 Å². The van der Waals surface area contributed by atoms with Gasteiger partial charge < -0.3 is 19.0 Å². The normalized spacial score (nSPS) is 11.4. The molecule has 0 saturated carbocycles. The lowest BCUT2D eigenvalue weighted by Gasteiger charge is -2.13. The second-order valence-corrected chi connectivity index (χ2v) is 7.32. The minimum Gasteiger partial charge on any atom is -0.504 e. The molecule has 0 fully saturated rings. The lowest BCUT2D eigenvalue weighted by Crippen LogP contribution is -2.06. The maximum atomic E-state index is 12.2. The fourth-order valence-electron chi connectivity index (χ4n) is 3.29. The molecule has 1 aromatic heterocycles. The number of aromatic hydroxyl groups is 1. The van der Waals surface area contributed by atoms with E-state index in [1.165, 1.54) is 25.3 Å². The quantitative estimate of drug-likeness (QED) is 0.362. The van der Waals surface area contributed by atoms with Gasteiger partial charge in [-0.15, -0.1) is 0 Å². The van der Waals surface area contributed by atoms with Gasteiger partial charge in [-0.2, -0.15) is 0 Å². The molecule has 6 nitrogen and oxygen atoms in total. The summed E-state index contributed by atoms with van der Waals surface area (Å²) < 4.78 is 15.7. The number of aryl methyl sites for hydroxylation is 1. The zero-order chi connectivity index (χ0) is 21.8. The minimum atomic E-state index is -0.556. The van der Waals surface area contributed by atoms with Crippen molar-refractivity contribution in [1.29, 1.82) is 0 Å². The molecule has 30 heavy (non-hydrogen) atoms. The number of benzene rings is 2. The Morgan fingerprint density at radius 1 is 1.20 bits per heavy atom. The Morgan fingerprint density at radius 2 is 1.97 bits per heavy atom. The van der Waals surface area contributed by atoms with Crippen molar-refractivity contribution in [3.8, 4) is 11.5 Å². The van der Waals surface area contributed by atoms with Crippen LogP contribution in [0.5, 0.6) is 11.5 Å². The molecule has 0 aliphatic heterocycles. The Balaban J connectivity index is 1.80. The molecule has 2 aromatic carbocycles. The molecule has 0 aliphatic rings. The predicted octanol–water partition coefficient (Wildman–Crippen LogP) is 4.70. The van der Waals surface area contributed by atoms with E-state index in [-0.39, 0.29) is 12.4 Å². The smallest absolute Gasteiger partial charge is 0.336 e. The monoisotopic (exact) mass is 408 g/mol. The van der Waals surface area contributed by atoms with Crippen molar-refractivity contribution in [2.45, 2.75) is 33.3 Å². The number of ether oxygens (including phenoxy) is 2. The molecule has 3 aromatic rings. The molecule has 6 heteroatoms. The van der Waals surface area contributed by atoms with Gasteiger partial charge in [-0.3, -0.25) is 0 Å². The van der Waals surface area contributed by atoms with Crippen LogP contribution >= 0.6 is 0 Å². The van der Waals surface area contributed by atoms with Crippen LogP contribution in [0, 0.1) is 6.92 Å². The number of phenols is 1. The highest BCUT2D eigenvalue weighted by molar-refractivity contribution is 5.87. The molecule has 0 unspecified atom stereocenters. The Kier molecular flexibility index (Phi) is 6.26. The van der Waals surface area contributed by atoms with E-state index < -0.39 is 11.6 Å². The van der Waals surface area contributed by atoms with Gasteiger partial charge in [0.05, 0.1) is 7.11 Å². The van der Waals surface area contributed by atoms with E-state index in [1.807, 2.05) is 19.1 Å². The Hall–Kier alpha value is -3.54. The molecule has 156 valence electrons. The summed E-state index contributed by atoms with van der Waals surface area (Å²) in [5.41, 5.74) is 3.44. The van der Waals surface area contributed by atoms with Gasteiger partial charge in [0.25, 0.3) is 0 Å². The largest absolute Gasteiger partial charge is 0.504 e. The van der Waals surface area contributed by atoms with E-state index in [2.05, 4.69) is 13.8 Å². The lowest BCUT2D eigenvalue weighted by atomic mass is 9.95. The summed E-state index contributed by atoms with van der Waals surface area (Å²) >= 11 is 0. The summed E-state index contributed by atoms with van der Waals surface area (Å²) in [4.78, 5) is 24.1. The van der Waals surface area contributed by atoms with Crippen LogP contribution in [-0.4, -0.2) is 18.2 Å². The van der Waals surface area contributed by atoms with Crippen molar-refractivity contribution < 1.29 is 23.8 Å². The molecule has 0 atom stereocenters. The first-order valence-electron chi connectivity index (χ1n) is 9.57.